The molecule has 296 valence electrons. The Balaban J connectivity index is 1.78. The van der Waals surface area contributed by atoms with Gasteiger partial charge in [-0.15, -0.1) is 11.3 Å². The summed E-state index contributed by atoms with van der Waals surface area (Å²) < 4.78 is 18.4. The van der Waals surface area contributed by atoms with Crippen LogP contribution >= 0.6 is 18.2 Å². The molecule has 0 spiro atoms. The highest BCUT2D eigenvalue weighted by Gasteiger charge is 2.57. The van der Waals surface area contributed by atoms with E-state index < -0.39 is 50.8 Å². The van der Waals surface area contributed by atoms with Crippen molar-refractivity contribution in [1.82, 2.24) is 4.90 Å². The summed E-state index contributed by atoms with van der Waals surface area (Å²) in [4.78, 5) is 59.3. The Kier molecular flexibility index (Phi) is 13.0. The Morgan fingerprint density at radius 1 is 0.875 bits per heavy atom. The molecule has 1 amide bonds. The SMILES string of the molecule is C=CCOC(=O)C(N1C(=O)C(C(C)O[Si](C)(C)C(C)(C)C)C1CC(=O)c1cc(C(=O)OC(C)(C)C)cs1)=P(c1ccccc1)(c1ccccc1)c1ccccc1. The standard InChI is InChI=1S/C45H54NO7PSSi/c1-11-27-51-43(50)41(54(33-21-15-12-16-22-33,34-23-17-13-18-24-34)35-25-19-14-20-26-35)46-36(39(40(46)48)31(2)53-56(9,10)45(6,7)8)29-37(47)38-28-32(30-55-38)42(49)52-44(3,4)5/h11-26,28,30-31,36,39H,1,27,29H2,2-10H3. The van der Waals surface area contributed by atoms with Gasteiger partial charge in [0.05, 0.1) is 28.5 Å². The van der Waals surface area contributed by atoms with Gasteiger partial charge < -0.3 is 18.8 Å². The van der Waals surface area contributed by atoms with Gasteiger partial charge >= 0.3 is 11.9 Å². The van der Waals surface area contributed by atoms with Crippen molar-refractivity contribution < 1.29 is 33.1 Å². The lowest BCUT2D eigenvalue weighted by atomic mass is 9.80. The van der Waals surface area contributed by atoms with E-state index in [1.54, 1.807) is 37.1 Å². The van der Waals surface area contributed by atoms with E-state index >= 15 is 4.79 Å². The van der Waals surface area contributed by atoms with Crippen molar-refractivity contribution in [3.63, 3.8) is 0 Å². The van der Waals surface area contributed by atoms with Crippen molar-refractivity contribution in [1.29, 1.82) is 0 Å². The van der Waals surface area contributed by atoms with Gasteiger partial charge in [0.25, 0.3) is 0 Å². The van der Waals surface area contributed by atoms with Crippen LogP contribution in [0.1, 0.15) is 74.9 Å². The van der Waals surface area contributed by atoms with Gasteiger partial charge in [-0.05, 0) is 67.8 Å². The number of nitrogens with zero attached hydrogens (tertiary/aromatic N) is 1. The monoisotopic (exact) mass is 811 g/mol. The third-order valence-electron chi connectivity index (χ3n) is 10.5. The zero-order chi connectivity index (χ0) is 41.1. The van der Waals surface area contributed by atoms with Gasteiger partial charge in [0.2, 0.25) is 5.91 Å². The summed E-state index contributed by atoms with van der Waals surface area (Å²) in [7, 11) is -2.40. The number of thiophene rings is 1. The second-order valence-corrected chi connectivity index (χ2v) is 25.6. The zero-order valence-electron chi connectivity index (χ0n) is 33.9. The second kappa shape index (κ2) is 17.0. The Morgan fingerprint density at radius 3 is 1.82 bits per heavy atom. The first-order valence-corrected chi connectivity index (χ1v) is 24.5. The lowest BCUT2D eigenvalue weighted by Gasteiger charge is -2.53. The number of carbonyl (C=O) groups is 4. The number of ether oxygens (including phenoxy) is 2. The van der Waals surface area contributed by atoms with Crippen LogP contribution in [0.4, 0.5) is 0 Å². The van der Waals surface area contributed by atoms with E-state index in [4.69, 9.17) is 13.9 Å². The van der Waals surface area contributed by atoms with Crippen molar-refractivity contribution in [2.45, 2.75) is 90.8 Å². The maximum atomic E-state index is 15.1. The smallest absolute Gasteiger partial charge is 0.356 e. The van der Waals surface area contributed by atoms with Gasteiger partial charge in [-0.3, -0.25) is 9.59 Å². The first kappa shape index (κ1) is 42.8. The molecule has 0 radical (unpaired) electrons. The molecule has 1 fully saturated rings. The highest BCUT2D eigenvalue weighted by Crippen LogP contribution is 2.51. The molecule has 0 saturated carbocycles. The third kappa shape index (κ3) is 8.79. The molecule has 0 aliphatic carbocycles. The summed E-state index contributed by atoms with van der Waals surface area (Å²) >= 11 is 1.15. The molecular formula is C45H54NO7PSSi. The first-order chi connectivity index (χ1) is 26.3. The minimum Gasteiger partial charge on any atom is -0.457 e. The molecule has 1 aliphatic rings. The van der Waals surface area contributed by atoms with Crippen molar-refractivity contribution in [2.75, 3.05) is 6.61 Å². The Morgan fingerprint density at radius 2 is 1.38 bits per heavy atom. The number of ketones is 1. The van der Waals surface area contributed by atoms with E-state index in [0.29, 0.717) is 4.88 Å². The minimum atomic E-state index is -3.21. The van der Waals surface area contributed by atoms with Crippen molar-refractivity contribution >= 4 is 71.5 Å². The highest BCUT2D eigenvalue weighted by molar-refractivity contribution is 7.96. The second-order valence-electron chi connectivity index (χ2n) is 16.6. The zero-order valence-corrected chi connectivity index (χ0v) is 36.6. The number of amides is 1. The normalized spacial score (nSPS) is 16.7. The predicted octanol–water partition coefficient (Wildman–Crippen LogP) is 8.37. The lowest BCUT2D eigenvalue weighted by Crippen LogP contribution is -2.69. The number of Topliss-reactive ketones (excluding diaryl/α,β-unsaturated/α-hetero) is 1. The molecule has 1 aromatic heterocycles. The number of esters is 2. The predicted molar refractivity (Wildman–Crippen MR) is 232 cm³/mol. The van der Waals surface area contributed by atoms with Gasteiger partial charge in [-0.2, -0.15) is 0 Å². The van der Waals surface area contributed by atoms with Crippen LogP contribution in [0.5, 0.6) is 0 Å². The summed E-state index contributed by atoms with van der Waals surface area (Å²) in [6, 6.07) is 30.0. The van der Waals surface area contributed by atoms with Gasteiger partial charge in [0.1, 0.15) is 17.6 Å². The van der Waals surface area contributed by atoms with E-state index in [9.17, 15) is 14.4 Å². The van der Waals surface area contributed by atoms with E-state index in [0.717, 1.165) is 27.3 Å². The number of benzene rings is 3. The topological polar surface area (TPSA) is 99.2 Å². The fourth-order valence-electron chi connectivity index (χ4n) is 6.86. The summed E-state index contributed by atoms with van der Waals surface area (Å²) in [5, 5.41) is 4.00. The summed E-state index contributed by atoms with van der Waals surface area (Å²) in [6.45, 7) is 18.4. The number of hydrogen-bond donors (Lipinski definition) is 0. The van der Waals surface area contributed by atoms with Crippen LogP contribution in [-0.2, 0) is 23.5 Å². The fraction of sp³-hybridized carbons (Fsp3) is 0.356. The molecule has 2 heterocycles. The summed E-state index contributed by atoms with van der Waals surface area (Å²) in [6.07, 6.45) is 0.812. The quantitative estimate of drug-likeness (QED) is 0.0315. The average Bonchev–Trinajstić information content (AvgIpc) is 3.65. The molecule has 3 atom stereocenters. The molecule has 5 rings (SSSR count). The maximum absolute atomic E-state index is 15.1. The molecule has 8 nitrogen and oxygen atoms in total. The van der Waals surface area contributed by atoms with E-state index in [1.807, 2.05) is 97.9 Å². The molecular weight excluding hydrogens is 758 g/mol. The number of β-lactam (4-membered cyclic amide) rings is 1. The van der Waals surface area contributed by atoms with Crippen LogP contribution in [0.25, 0.3) is 0 Å². The molecule has 3 aromatic carbocycles. The molecule has 4 aromatic rings. The average molecular weight is 812 g/mol. The van der Waals surface area contributed by atoms with Crippen molar-refractivity contribution in [3.8, 4) is 0 Å². The largest absolute Gasteiger partial charge is 0.457 e. The van der Waals surface area contributed by atoms with Gasteiger partial charge in [-0.25, -0.2) is 9.59 Å². The molecule has 11 heteroatoms. The highest BCUT2D eigenvalue weighted by atomic mass is 32.1. The van der Waals surface area contributed by atoms with Gasteiger partial charge in [-0.1, -0.05) is 124 Å². The minimum absolute atomic E-state index is 0.0801. The number of carbonyl (C=O) groups excluding carboxylic acids is 4. The van der Waals surface area contributed by atoms with E-state index in [1.165, 1.54) is 6.08 Å². The Hall–Kier alpha value is -4.34. The molecule has 0 N–H and O–H groups in total. The van der Waals surface area contributed by atoms with Gasteiger partial charge in [0, 0.05) is 18.7 Å². The lowest BCUT2D eigenvalue weighted by molar-refractivity contribution is -0.156. The fourth-order valence-corrected chi connectivity index (χ4v) is 13.5. The number of rotatable bonds is 14. The molecule has 1 saturated heterocycles. The van der Waals surface area contributed by atoms with Crippen LogP contribution in [0.15, 0.2) is 115 Å². The van der Waals surface area contributed by atoms with Crippen LogP contribution in [0.2, 0.25) is 18.1 Å². The first-order valence-electron chi connectivity index (χ1n) is 18.9. The number of hydrogen-bond acceptors (Lipinski definition) is 8. The molecule has 0 bridgehead atoms. The van der Waals surface area contributed by atoms with Crippen LogP contribution < -0.4 is 15.9 Å². The van der Waals surface area contributed by atoms with Crippen LogP contribution in [0.3, 0.4) is 0 Å². The summed E-state index contributed by atoms with van der Waals surface area (Å²) in [5.74, 6) is -2.51. The van der Waals surface area contributed by atoms with Crippen molar-refractivity contribution in [2.24, 2.45) is 5.92 Å². The van der Waals surface area contributed by atoms with Gasteiger partial charge in [0.15, 0.2) is 14.1 Å². The van der Waals surface area contributed by atoms with E-state index in [-0.39, 0.29) is 40.7 Å². The van der Waals surface area contributed by atoms with Crippen LogP contribution in [-0.4, -0.2) is 66.6 Å². The number of likely N-dealkylation sites (tertiary alicyclic amines) is 1. The summed E-state index contributed by atoms with van der Waals surface area (Å²) in [5.41, 5.74) is -0.243. The van der Waals surface area contributed by atoms with Crippen LogP contribution in [0, 0.1) is 5.92 Å². The third-order valence-corrected chi connectivity index (χ3v) is 20.3. The Labute approximate surface area is 337 Å². The van der Waals surface area contributed by atoms with Crippen molar-refractivity contribution in [3.05, 3.63) is 126 Å². The molecule has 56 heavy (non-hydrogen) atoms. The molecule has 1 aliphatic heterocycles. The Bertz CT molecular complexity index is 2010. The van der Waals surface area contributed by atoms with E-state index in [2.05, 4.69) is 40.4 Å². The maximum Gasteiger partial charge on any atom is 0.356 e. The molecule has 3 unspecified atom stereocenters.